The second-order valence-electron chi connectivity index (χ2n) is 7.21. The third kappa shape index (κ3) is 2.74. The van der Waals surface area contributed by atoms with E-state index in [1.165, 1.54) is 46.9 Å². The Bertz CT molecular complexity index is 841. The lowest BCUT2D eigenvalue weighted by Crippen LogP contribution is -2.21. The van der Waals surface area contributed by atoms with E-state index in [1.54, 1.807) is 11.3 Å². The van der Waals surface area contributed by atoms with Crippen molar-refractivity contribution in [2.45, 2.75) is 55.9 Å². The molecule has 1 fully saturated rings. The average molecular weight is 407 g/mol. The Kier molecular flexibility index (Phi) is 4.37. The summed E-state index contributed by atoms with van der Waals surface area (Å²) in [5, 5.41) is 3.72. The molecule has 1 spiro atoms. The highest BCUT2D eigenvalue weighted by Crippen LogP contribution is 2.59. The van der Waals surface area contributed by atoms with Crippen molar-refractivity contribution >= 4 is 45.9 Å². The lowest BCUT2D eigenvalue weighted by atomic mass is 9.94. The maximum Gasteiger partial charge on any atom is 0.293 e. The fraction of sp³-hybridized carbons (Fsp3) is 0.579. The van der Waals surface area contributed by atoms with E-state index < -0.39 is 0 Å². The van der Waals surface area contributed by atoms with Crippen LogP contribution in [0, 0.1) is 6.92 Å². The van der Waals surface area contributed by atoms with Crippen LogP contribution in [0.25, 0.3) is 0 Å². The number of furan rings is 1. The van der Waals surface area contributed by atoms with Crippen LogP contribution in [0.5, 0.6) is 0 Å². The van der Waals surface area contributed by atoms with Gasteiger partial charge >= 0.3 is 0 Å². The van der Waals surface area contributed by atoms with Crippen molar-refractivity contribution < 1.29 is 9.21 Å². The topological polar surface area (TPSA) is 55.1 Å². The van der Waals surface area contributed by atoms with E-state index >= 15 is 0 Å². The summed E-state index contributed by atoms with van der Waals surface area (Å²) < 4.78 is 6.21. The van der Waals surface area contributed by atoms with Gasteiger partial charge in [-0.3, -0.25) is 10.1 Å². The van der Waals surface area contributed by atoms with Crippen LogP contribution in [-0.2, 0) is 23.3 Å². The van der Waals surface area contributed by atoms with Gasteiger partial charge in [0.1, 0.15) is 5.76 Å². The van der Waals surface area contributed by atoms with Gasteiger partial charge in [-0.1, -0.05) is 0 Å². The zero-order chi connectivity index (χ0) is 17.7. The monoisotopic (exact) mass is 406 g/mol. The zero-order valence-electron chi connectivity index (χ0n) is 14.9. The molecule has 7 heteroatoms. The van der Waals surface area contributed by atoms with Crippen molar-refractivity contribution in [1.29, 1.82) is 0 Å². The summed E-state index contributed by atoms with van der Waals surface area (Å²) in [5.74, 6) is 3.73. The molecule has 0 atom stereocenters. The van der Waals surface area contributed by atoms with E-state index in [2.05, 4.69) is 17.2 Å². The molecule has 0 radical (unpaired) electrons. The third-order valence-electron chi connectivity index (χ3n) is 5.54. The van der Waals surface area contributed by atoms with Gasteiger partial charge in [0, 0.05) is 33.9 Å². The lowest BCUT2D eigenvalue weighted by molar-refractivity contribution is 0.0994. The molecule has 4 nitrogen and oxygen atoms in total. The van der Waals surface area contributed by atoms with E-state index in [-0.39, 0.29) is 9.99 Å². The first-order chi connectivity index (χ1) is 12.7. The van der Waals surface area contributed by atoms with Crippen LogP contribution in [0.2, 0.25) is 0 Å². The second kappa shape index (κ2) is 6.60. The van der Waals surface area contributed by atoms with Crippen molar-refractivity contribution in [1.82, 2.24) is 4.98 Å². The quantitative estimate of drug-likeness (QED) is 0.748. The van der Waals surface area contributed by atoms with Crippen molar-refractivity contribution in [2.24, 2.45) is 0 Å². The first-order valence-corrected chi connectivity index (χ1v) is 12.2. The van der Waals surface area contributed by atoms with Crippen LogP contribution in [0.3, 0.4) is 0 Å². The highest BCUT2D eigenvalue weighted by atomic mass is 32.2. The number of rotatable bonds is 2. The second-order valence-corrected chi connectivity index (χ2v) is 11.3. The Labute approximate surface area is 165 Å². The molecule has 2 aromatic heterocycles. The third-order valence-corrected chi connectivity index (χ3v) is 10.1. The van der Waals surface area contributed by atoms with Crippen LogP contribution in [0.1, 0.15) is 63.7 Å². The van der Waals surface area contributed by atoms with Gasteiger partial charge in [-0.25, -0.2) is 4.98 Å². The van der Waals surface area contributed by atoms with Gasteiger partial charge in [-0.05, 0) is 45.4 Å². The summed E-state index contributed by atoms with van der Waals surface area (Å²) in [6.45, 7) is 2.05. The summed E-state index contributed by atoms with van der Waals surface area (Å²) in [6.07, 6.45) is 7.81. The van der Waals surface area contributed by atoms with Crippen molar-refractivity contribution in [2.75, 3.05) is 16.8 Å². The largest absolute Gasteiger partial charge is 0.455 e. The number of amides is 1. The highest BCUT2D eigenvalue weighted by Gasteiger charge is 2.45. The Morgan fingerprint density at radius 1 is 1.15 bits per heavy atom. The first kappa shape index (κ1) is 17.2. The Balaban J connectivity index is 1.44. The Morgan fingerprint density at radius 2 is 1.96 bits per heavy atom. The van der Waals surface area contributed by atoms with Crippen LogP contribution in [0.15, 0.2) is 4.42 Å². The molecule has 0 saturated carbocycles. The van der Waals surface area contributed by atoms with Gasteiger partial charge in [0.05, 0.1) is 9.77 Å². The van der Waals surface area contributed by atoms with Crippen LogP contribution >= 0.6 is 34.9 Å². The summed E-state index contributed by atoms with van der Waals surface area (Å²) in [4.78, 5) is 18.9. The van der Waals surface area contributed by atoms with Crippen LogP contribution in [0.4, 0.5) is 5.13 Å². The Hall–Kier alpha value is -0.920. The number of nitrogens with zero attached hydrogens (tertiary/aromatic N) is 1. The van der Waals surface area contributed by atoms with Crippen LogP contribution < -0.4 is 5.32 Å². The molecule has 2 aromatic rings. The van der Waals surface area contributed by atoms with Gasteiger partial charge in [0.2, 0.25) is 0 Å². The molecule has 3 aliphatic rings. The summed E-state index contributed by atoms with van der Waals surface area (Å²) in [6, 6.07) is 0. The molecule has 1 aliphatic heterocycles. The number of hydrogen-bond acceptors (Lipinski definition) is 6. The van der Waals surface area contributed by atoms with E-state index in [1.807, 2.05) is 23.5 Å². The predicted molar refractivity (Wildman–Crippen MR) is 110 cm³/mol. The maximum absolute atomic E-state index is 12.9. The van der Waals surface area contributed by atoms with E-state index in [0.717, 1.165) is 42.1 Å². The molecular weight excluding hydrogens is 384 g/mol. The predicted octanol–water partition coefficient (Wildman–Crippen LogP) is 5.14. The summed E-state index contributed by atoms with van der Waals surface area (Å²) in [5.41, 5.74) is 3.49. The minimum Gasteiger partial charge on any atom is -0.455 e. The maximum atomic E-state index is 12.9. The Morgan fingerprint density at radius 3 is 2.77 bits per heavy atom. The van der Waals surface area contributed by atoms with Gasteiger partial charge in [0.25, 0.3) is 5.91 Å². The van der Waals surface area contributed by atoms with Crippen molar-refractivity contribution in [3.05, 3.63) is 33.2 Å². The minimum atomic E-state index is -0.147. The van der Waals surface area contributed by atoms with Gasteiger partial charge in [-0.15, -0.1) is 34.9 Å². The minimum absolute atomic E-state index is 0.111. The number of nitrogens with one attached hydrogen (secondary N) is 1. The highest BCUT2D eigenvalue weighted by molar-refractivity contribution is 8.20. The number of thiazole rings is 1. The molecule has 0 bridgehead atoms. The first-order valence-electron chi connectivity index (χ1n) is 9.37. The standard InChI is InChI=1S/C19H22N2O2S3/c1-11-15-13(6-4-8-19(15)24-9-10-25-19)23-16(11)17(22)21-18-20-12-5-2-3-7-14(12)26-18/h2-10H2,1H3,(H,20,21,22). The number of thioether (sulfide) groups is 2. The number of aryl methyl sites for hydroxylation is 3. The molecule has 26 heavy (non-hydrogen) atoms. The number of aromatic nitrogens is 1. The van der Waals surface area contributed by atoms with Crippen molar-refractivity contribution in [3.8, 4) is 0 Å². The van der Waals surface area contributed by atoms with E-state index in [4.69, 9.17) is 4.42 Å². The molecule has 3 heterocycles. The molecular formula is C19H22N2O2S3. The van der Waals surface area contributed by atoms with Gasteiger partial charge in [-0.2, -0.15) is 0 Å². The molecule has 1 amide bonds. The molecule has 1 N–H and O–H groups in total. The molecule has 0 unspecified atom stereocenters. The SMILES string of the molecule is Cc1c(C(=O)Nc2nc3c(s2)CCCC3)oc2c1C1(CCC2)SCCS1. The number of carbonyl (C=O) groups is 1. The van der Waals surface area contributed by atoms with E-state index in [0.29, 0.717) is 5.76 Å². The summed E-state index contributed by atoms with van der Waals surface area (Å²) in [7, 11) is 0. The number of fused-ring (bicyclic) bond motifs is 3. The molecule has 2 aliphatic carbocycles. The molecule has 1 saturated heterocycles. The van der Waals surface area contributed by atoms with E-state index in [9.17, 15) is 4.79 Å². The molecule has 0 aromatic carbocycles. The van der Waals surface area contributed by atoms with Gasteiger partial charge < -0.3 is 4.42 Å². The smallest absolute Gasteiger partial charge is 0.293 e. The van der Waals surface area contributed by atoms with Crippen LogP contribution in [-0.4, -0.2) is 22.4 Å². The molecule has 138 valence electrons. The number of anilines is 1. The fourth-order valence-corrected chi connectivity index (χ4v) is 8.98. The number of hydrogen-bond donors (Lipinski definition) is 1. The normalized spacial score (nSPS) is 20.8. The lowest BCUT2D eigenvalue weighted by Gasteiger charge is -2.31. The van der Waals surface area contributed by atoms with Gasteiger partial charge in [0.15, 0.2) is 10.9 Å². The molecule has 5 rings (SSSR count). The van der Waals surface area contributed by atoms with Crippen molar-refractivity contribution in [3.63, 3.8) is 0 Å². The average Bonchev–Trinajstić information content (AvgIpc) is 3.33. The number of carbonyl (C=O) groups excluding carboxylic acids is 1. The summed E-state index contributed by atoms with van der Waals surface area (Å²) >= 11 is 5.69. The fourth-order valence-electron chi connectivity index (χ4n) is 4.37. The zero-order valence-corrected chi connectivity index (χ0v) is 17.3.